The SMILES string of the molecule is CC(CN1CC1)C1CC1. The molecule has 0 aromatic carbocycles. The first-order valence-corrected chi connectivity index (χ1v) is 4.08. The summed E-state index contributed by atoms with van der Waals surface area (Å²) in [5.41, 5.74) is 0. The van der Waals surface area contributed by atoms with Gasteiger partial charge in [-0.3, -0.25) is 0 Å². The molecule has 0 N–H and O–H groups in total. The van der Waals surface area contributed by atoms with Crippen LogP contribution in [0, 0.1) is 11.8 Å². The molecule has 2 fully saturated rings. The zero-order valence-corrected chi connectivity index (χ0v) is 6.14. The monoisotopic (exact) mass is 125 g/mol. The highest BCUT2D eigenvalue weighted by molar-refractivity contribution is 4.83. The van der Waals surface area contributed by atoms with Crippen LogP contribution in [0.2, 0.25) is 0 Å². The lowest BCUT2D eigenvalue weighted by molar-refractivity contribution is 0.396. The van der Waals surface area contributed by atoms with Crippen molar-refractivity contribution in [1.29, 1.82) is 0 Å². The van der Waals surface area contributed by atoms with Crippen LogP contribution < -0.4 is 0 Å². The van der Waals surface area contributed by atoms with E-state index in [1.54, 1.807) is 0 Å². The summed E-state index contributed by atoms with van der Waals surface area (Å²) in [6, 6.07) is 0. The minimum absolute atomic E-state index is 0.993. The molecule has 9 heavy (non-hydrogen) atoms. The number of hydrogen-bond acceptors (Lipinski definition) is 1. The third-order valence-electron chi connectivity index (χ3n) is 2.51. The van der Waals surface area contributed by atoms with Gasteiger partial charge >= 0.3 is 0 Å². The Labute approximate surface area is 57.0 Å². The van der Waals surface area contributed by atoms with Gasteiger partial charge in [-0.2, -0.15) is 0 Å². The van der Waals surface area contributed by atoms with E-state index in [9.17, 15) is 0 Å². The third kappa shape index (κ3) is 1.45. The standard InChI is InChI=1S/C8H15N/c1-7(8-2-3-8)6-9-4-5-9/h7-8H,2-6H2,1H3. The summed E-state index contributed by atoms with van der Waals surface area (Å²) < 4.78 is 0. The highest BCUT2D eigenvalue weighted by Gasteiger charge is 2.31. The van der Waals surface area contributed by atoms with Gasteiger partial charge in [0.05, 0.1) is 0 Å². The van der Waals surface area contributed by atoms with Crippen LogP contribution in [0.25, 0.3) is 0 Å². The minimum atomic E-state index is 0.993. The average Bonchev–Trinajstić information content (AvgIpc) is 2.62. The molecule has 0 radical (unpaired) electrons. The molecule has 0 spiro atoms. The summed E-state index contributed by atoms with van der Waals surface area (Å²) in [4.78, 5) is 2.53. The first-order valence-electron chi connectivity index (χ1n) is 4.08. The molecule has 1 saturated carbocycles. The van der Waals surface area contributed by atoms with Gasteiger partial charge in [0.25, 0.3) is 0 Å². The molecular formula is C8H15N. The largest absolute Gasteiger partial charge is 0.301 e. The Hall–Kier alpha value is -0.0400. The molecule has 2 aliphatic rings. The molecule has 1 aliphatic carbocycles. The van der Waals surface area contributed by atoms with Crippen LogP contribution in [-0.2, 0) is 0 Å². The smallest absolute Gasteiger partial charge is 0.0110 e. The van der Waals surface area contributed by atoms with Crippen LogP contribution in [-0.4, -0.2) is 24.5 Å². The van der Waals surface area contributed by atoms with Gasteiger partial charge < -0.3 is 4.90 Å². The highest BCUT2D eigenvalue weighted by Crippen LogP contribution is 2.37. The second kappa shape index (κ2) is 1.98. The van der Waals surface area contributed by atoms with Crippen molar-refractivity contribution in [3.63, 3.8) is 0 Å². The Kier molecular flexibility index (Phi) is 1.26. The summed E-state index contributed by atoms with van der Waals surface area (Å²) in [5, 5.41) is 0. The van der Waals surface area contributed by atoms with Crippen LogP contribution in [0.5, 0.6) is 0 Å². The second-order valence-corrected chi connectivity index (χ2v) is 3.62. The molecule has 0 aromatic heterocycles. The van der Waals surface area contributed by atoms with Crippen molar-refractivity contribution in [2.75, 3.05) is 19.6 Å². The summed E-state index contributed by atoms with van der Waals surface area (Å²) >= 11 is 0. The van der Waals surface area contributed by atoms with Crippen LogP contribution in [0.4, 0.5) is 0 Å². The van der Waals surface area contributed by atoms with Crippen molar-refractivity contribution < 1.29 is 0 Å². The van der Waals surface area contributed by atoms with Crippen LogP contribution >= 0.6 is 0 Å². The summed E-state index contributed by atoms with van der Waals surface area (Å²) in [5.74, 6) is 2.10. The number of rotatable bonds is 3. The van der Waals surface area contributed by atoms with Gasteiger partial charge in [0, 0.05) is 19.6 Å². The fourth-order valence-electron chi connectivity index (χ4n) is 1.47. The maximum Gasteiger partial charge on any atom is 0.0110 e. The van der Waals surface area contributed by atoms with Gasteiger partial charge in [-0.05, 0) is 24.7 Å². The van der Waals surface area contributed by atoms with Gasteiger partial charge in [-0.15, -0.1) is 0 Å². The van der Waals surface area contributed by atoms with Gasteiger partial charge in [-0.25, -0.2) is 0 Å². The fourth-order valence-corrected chi connectivity index (χ4v) is 1.47. The van der Waals surface area contributed by atoms with E-state index in [1.807, 2.05) is 0 Å². The molecule has 0 bridgehead atoms. The van der Waals surface area contributed by atoms with Crippen molar-refractivity contribution >= 4 is 0 Å². The molecule has 1 atom stereocenters. The molecule has 1 nitrogen and oxygen atoms in total. The summed E-state index contributed by atoms with van der Waals surface area (Å²) in [6.45, 7) is 6.52. The molecule has 2 rings (SSSR count). The Morgan fingerprint density at radius 2 is 2.11 bits per heavy atom. The van der Waals surface area contributed by atoms with Gasteiger partial charge in [0.1, 0.15) is 0 Å². The van der Waals surface area contributed by atoms with Gasteiger partial charge in [-0.1, -0.05) is 6.92 Å². The maximum absolute atomic E-state index is 2.53. The van der Waals surface area contributed by atoms with Crippen molar-refractivity contribution in [3.05, 3.63) is 0 Å². The van der Waals surface area contributed by atoms with Crippen LogP contribution in [0.1, 0.15) is 19.8 Å². The van der Waals surface area contributed by atoms with Crippen molar-refractivity contribution in [1.82, 2.24) is 4.90 Å². The molecule has 1 unspecified atom stereocenters. The fraction of sp³-hybridized carbons (Fsp3) is 1.00. The predicted octanol–water partition coefficient (Wildman–Crippen LogP) is 1.35. The van der Waals surface area contributed by atoms with E-state index in [-0.39, 0.29) is 0 Å². The first kappa shape index (κ1) is 5.72. The lowest BCUT2D eigenvalue weighted by Crippen LogP contribution is -2.11. The van der Waals surface area contributed by atoms with E-state index in [2.05, 4.69) is 11.8 Å². The van der Waals surface area contributed by atoms with E-state index in [4.69, 9.17) is 0 Å². The predicted molar refractivity (Wildman–Crippen MR) is 38.3 cm³/mol. The second-order valence-electron chi connectivity index (χ2n) is 3.62. The van der Waals surface area contributed by atoms with Crippen LogP contribution in [0.15, 0.2) is 0 Å². The van der Waals surface area contributed by atoms with E-state index >= 15 is 0 Å². The van der Waals surface area contributed by atoms with Crippen LogP contribution in [0.3, 0.4) is 0 Å². The Morgan fingerprint density at radius 3 is 2.56 bits per heavy atom. The van der Waals surface area contributed by atoms with Crippen molar-refractivity contribution in [3.8, 4) is 0 Å². The number of nitrogens with zero attached hydrogens (tertiary/aromatic N) is 1. The van der Waals surface area contributed by atoms with Crippen molar-refractivity contribution in [2.45, 2.75) is 19.8 Å². The molecule has 1 heteroatoms. The minimum Gasteiger partial charge on any atom is -0.301 e. The van der Waals surface area contributed by atoms with Gasteiger partial charge in [0.15, 0.2) is 0 Å². The first-order chi connectivity index (χ1) is 4.36. The Morgan fingerprint density at radius 1 is 1.44 bits per heavy atom. The van der Waals surface area contributed by atoms with Gasteiger partial charge in [0.2, 0.25) is 0 Å². The lowest BCUT2D eigenvalue weighted by atomic mass is 10.1. The Bertz CT molecular complexity index is 103. The van der Waals surface area contributed by atoms with E-state index in [0.29, 0.717) is 0 Å². The normalized spacial score (nSPS) is 30.3. The van der Waals surface area contributed by atoms with E-state index in [0.717, 1.165) is 11.8 Å². The Balaban J connectivity index is 1.69. The third-order valence-corrected chi connectivity index (χ3v) is 2.51. The molecule has 1 saturated heterocycles. The number of hydrogen-bond donors (Lipinski definition) is 0. The average molecular weight is 125 g/mol. The molecule has 1 aliphatic heterocycles. The summed E-state index contributed by atoms with van der Waals surface area (Å²) in [7, 11) is 0. The molecular weight excluding hydrogens is 110 g/mol. The molecule has 52 valence electrons. The zero-order valence-electron chi connectivity index (χ0n) is 6.14. The van der Waals surface area contributed by atoms with Crippen molar-refractivity contribution in [2.24, 2.45) is 11.8 Å². The topological polar surface area (TPSA) is 3.01 Å². The molecule has 0 amide bonds. The highest BCUT2D eigenvalue weighted by atomic mass is 15.3. The lowest BCUT2D eigenvalue weighted by Gasteiger charge is -2.08. The zero-order chi connectivity index (χ0) is 6.27. The molecule has 1 heterocycles. The molecule has 0 aromatic rings. The maximum atomic E-state index is 2.53. The quantitative estimate of drug-likeness (QED) is 0.514. The van der Waals surface area contributed by atoms with E-state index in [1.165, 1.54) is 32.5 Å². The summed E-state index contributed by atoms with van der Waals surface area (Å²) in [6.07, 6.45) is 3.02. The van der Waals surface area contributed by atoms with E-state index < -0.39 is 0 Å².